The number of hydrogen-bond acceptors (Lipinski definition) is 5. The summed E-state index contributed by atoms with van der Waals surface area (Å²) in [6.45, 7) is 2.43. The van der Waals surface area contributed by atoms with Crippen LogP contribution in [0.3, 0.4) is 0 Å². The van der Waals surface area contributed by atoms with Gasteiger partial charge in [-0.1, -0.05) is 6.07 Å². The number of nitrogens with one attached hydrogen (secondary N) is 1. The maximum absolute atomic E-state index is 13.0. The van der Waals surface area contributed by atoms with E-state index in [4.69, 9.17) is 4.74 Å². The molecule has 1 aliphatic heterocycles. The number of amides is 2. The molecule has 0 radical (unpaired) electrons. The van der Waals surface area contributed by atoms with Crippen molar-refractivity contribution in [3.05, 3.63) is 53.1 Å². The minimum atomic E-state index is -4.55. The molecule has 1 aromatic carbocycles. The number of hydrogen-bond donors (Lipinski definition) is 1. The van der Waals surface area contributed by atoms with Crippen molar-refractivity contribution >= 4 is 17.6 Å². The molecule has 1 N–H and O–H groups in total. The highest BCUT2D eigenvalue weighted by atomic mass is 19.4. The van der Waals surface area contributed by atoms with Crippen molar-refractivity contribution in [3.63, 3.8) is 0 Å². The highest BCUT2D eigenvalue weighted by molar-refractivity contribution is 5.97. The van der Waals surface area contributed by atoms with E-state index < -0.39 is 29.8 Å². The Labute approximate surface area is 206 Å². The summed E-state index contributed by atoms with van der Waals surface area (Å²) >= 11 is 0. The minimum Gasteiger partial charge on any atom is -0.370 e. The molecule has 1 saturated carbocycles. The van der Waals surface area contributed by atoms with Gasteiger partial charge in [-0.3, -0.25) is 14.4 Å². The summed E-state index contributed by atoms with van der Waals surface area (Å²) in [6.07, 6.45) is -0.868. The Morgan fingerprint density at radius 3 is 2.67 bits per heavy atom. The number of carbonyl (C=O) groups excluding carboxylic acids is 3. The molecule has 2 fully saturated rings. The fourth-order valence-electron chi connectivity index (χ4n) is 4.41. The lowest BCUT2D eigenvalue weighted by molar-refractivity contribution is -0.137. The van der Waals surface area contributed by atoms with Crippen LogP contribution in [-0.2, 0) is 22.3 Å². The standard InChI is InChI=1S/C25H29F3N4O4/c1-15-22(32(14-30-15)13-16-6-7-16)23(34)29-12-20(33)21-11-19(8-9-36-21)31(2)24(35)17-4-3-5-18(10-17)25(26,27)28/h3-5,10,14,16,19,21H,6-9,11-13H2,1-2H3,(H,29,34)/t19-,21+/m1/s1. The van der Waals surface area contributed by atoms with Gasteiger partial charge in [-0.25, -0.2) is 4.98 Å². The first kappa shape index (κ1) is 25.9. The second-order valence-corrected chi connectivity index (χ2v) is 9.46. The van der Waals surface area contributed by atoms with E-state index >= 15 is 0 Å². The molecule has 0 spiro atoms. The van der Waals surface area contributed by atoms with Gasteiger partial charge in [-0.2, -0.15) is 13.2 Å². The number of halogens is 3. The Kier molecular flexibility index (Phi) is 7.49. The average Bonchev–Trinajstić information content (AvgIpc) is 3.61. The number of ether oxygens (including phenoxy) is 1. The summed E-state index contributed by atoms with van der Waals surface area (Å²) < 4.78 is 46.5. The Morgan fingerprint density at radius 2 is 1.97 bits per heavy atom. The van der Waals surface area contributed by atoms with Gasteiger partial charge in [0, 0.05) is 38.2 Å². The predicted octanol–water partition coefficient (Wildman–Crippen LogP) is 3.24. The normalized spacial score (nSPS) is 20.1. The van der Waals surface area contributed by atoms with Crippen LogP contribution in [0.2, 0.25) is 0 Å². The lowest BCUT2D eigenvalue weighted by Gasteiger charge is -2.35. The number of benzene rings is 1. The third-order valence-electron chi connectivity index (χ3n) is 6.73. The first-order chi connectivity index (χ1) is 17.0. The largest absolute Gasteiger partial charge is 0.416 e. The Hall–Kier alpha value is -3.21. The number of nitrogens with zero attached hydrogens (tertiary/aromatic N) is 3. The van der Waals surface area contributed by atoms with Crippen LogP contribution in [0.4, 0.5) is 13.2 Å². The smallest absolute Gasteiger partial charge is 0.370 e. The van der Waals surface area contributed by atoms with E-state index in [1.165, 1.54) is 24.1 Å². The number of alkyl halides is 3. The molecule has 2 amide bonds. The van der Waals surface area contributed by atoms with Crippen LogP contribution in [0.1, 0.15) is 57.8 Å². The summed E-state index contributed by atoms with van der Waals surface area (Å²) in [5.74, 6) is -0.732. The van der Waals surface area contributed by atoms with E-state index in [2.05, 4.69) is 10.3 Å². The Bertz CT molecular complexity index is 1140. The van der Waals surface area contributed by atoms with Gasteiger partial charge in [0.15, 0.2) is 5.78 Å². The molecule has 11 heteroatoms. The van der Waals surface area contributed by atoms with Crippen LogP contribution in [0.15, 0.2) is 30.6 Å². The van der Waals surface area contributed by atoms with E-state index in [0.717, 1.165) is 31.5 Å². The summed E-state index contributed by atoms with van der Waals surface area (Å²) in [4.78, 5) is 44.0. The third-order valence-corrected chi connectivity index (χ3v) is 6.73. The van der Waals surface area contributed by atoms with Crippen molar-refractivity contribution < 1.29 is 32.3 Å². The molecule has 2 atom stereocenters. The number of imidazole rings is 1. The molecule has 1 aromatic heterocycles. The van der Waals surface area contributed by atoms with Gasteiger partial charge in [-0.15, -0.1) is 0 Å². The number of aryl methyl sites for hydroxylation is 1. The zero-order valence-electron chi connectivity index (χ0n) is 20.2. The first-order valence-corrected chi connectivity index (χ1v) is 11.9. The fourth-order valence-corrected chi connectivity index (χ4v) is 4.41. The first-order valence-electron chi connectivity index (χ1n) is 11.9. The summed E-state index contributed by atoms with van der Waals surface area (Å²) in [5, 5.41) is 2.65. The van der Waals surface area contributed by atoms with Gasteiger partial charge < -0.3 is 19.5 Å². The quantitative estimate of drug-likeness (QED) is 0.594. The molecule has 0 bridgehead atoms. The van der Waals surface area contributed by atoms with Crippen molar-refractivity contribution in [1.29, 1.82) is 0 Å². The molecule has 8 nitrogen and oxygen atoms in total. The van der Waals surface area contributed by atoms with Crippen molar-refractivity contribution in [2.45, 2.75) is 57.5 Å². The lowest BCUT2D eigenvalue weighted by Crippen LogP contribution is -2.47. The number of rotatable bonds is 8. The lowest BCUT2D eigenvalue weighted by atomic mass is 9.98. The molecule has 0 unspecified atom stereocenters. The molecule has 2 heterocycles. The molecule has 2 aliphatic rings. The van der Waals surface area contributed by atoms with Gasteiger partial charge in [-0.05, 0) is 50.3 Å². The van der Waals surface area contributed by atoms with Gasteiger partial charge in [0.05, 0.1) is 24.1 Å². The summed E-state index contributed by atoms with van der Waals surface area (Å²) in [5.41, 5.74) is 0.0474. The zero-order valence-corrected chi connectivity index (χ0v) is 20.2. The van der Waals surface area contributed by atoms with Gasteiger partial charge >= 0.3 is 6.18 Å². The topological polar surface area (TPSA) is 93.5 Å². The van der Waals surface area contributed by atoms with E-state index in [1.54, 1.807) is 13.3 Å². The molecule has 1 saturated heterocycles. The molecular formula is C25H29F3N4O4. The number of Topliss-reactive ketones (excluding diaryl/α,β-unsaturated/α-hetero) is 1. The van der Waals surface area contributed by atoms with Crippen molar-refractivity contribution in [2.75, 3.05) is 20.2 Å². The molecule has 4 rings (SSSR count). The van der Waals surface area contributed by atoms with Crippen molar-refractivity contribution in [1.82, 2.24) is 19.8 Å². The maximum atomic E-state index is 13.0. The van der Waals surface area contributed by atoms with Gasteiger partial charge in [0.25, 0.3) is 11.8 Å². The molecular weight excluding hydrogens is 477 g/mol. The van der Waals surface area contributed by atoms with Gasteiger partial charge in [0.2, 0.25) is 0 Å². The third kappa shape index (κ3) is 5.95. The number of ketones is 1. The predicted molar refractivity (Wildman–Crippen MR) is 123 cm³/mol. The second kappa shape index (κ2) is 10.4. The van der Waals surface area contributed by atoms with Crippen LogP contribution in [0, 0.1) is 12.8 Å². The Morgan fingerprint density at radius 1 is 1.22 bits per heavy atom. The highest BCUT2D eigenvalue weighted by Crippen LogP contribution is 2.31. The highest BCUT2D eigenvalue weighted by Gasteiger charge is 2.34. The van der Waals surface area contributed by atoms with Crippen LogP contribution in [0.25, 0.3) is 0 Å². The van der Waals surface area contributed by atoms with E-state index in [9.17, 15) is 27.6 Å². The summed E-state index contributed by atoms with van der Waals surface area (Å²) in [6, 6.07) is 3.87. The van der Waals surface area contributed by atoms with Crippen LogP contribution in [-0.4, -0.2) is 64.4 Å². The molecule has 194 valence electrons. The monoisotopic (exact) mass is 506 g/mol. The van der Waals surface area contributed by atoms with E-state index in [1.807, 2.05) is 4.57 Å². The second-order valence-electron chi connectivity index (χ2n) is 9.46. The van der Waals surface area contributed by atoms with E-state index in [-0.39, 0.29) is 36.8 Å². The average molecular weight is 507 g/mol. The zero-order chi connectivity index (χ0) is 26.0. The molecule has 1 aliphatic carbocycles. The minimum absolute atomic E-state index is 0.0767. The number of aromatic nitrogens is 2. The summed E-state index contributed by atoms with van der Waals surface area (Å²) in [7, 11) is 1.51. The van der Waals surface area contributed by atoms with Crippen molar-refractivity contribution in [2.24, 2.45) is 5.92 Å². The van der Waals surface area contributed by atoms with Crippen LogP contribution >= 0.6 is 0 Å². The van der Waals surface area contributed by atoms with Crippen molar-refractivity contribution in [3.8, 4) is 0 Å². The van der Waals surface area contributed by atoms with Crippen LogP contribution < -0.4 is 5.32 Å². The maximum Gasteiger partial charge on any atom is 0.416 e. The van der Waals surface area contributed by atoms with E-state index in [0.29, 0.717) is 23.7 Å². The van der Waals surface area contributed by atoms with Crippen LogP contribution in [0.5, 0.6) is 0 Å². The SMILES string of the molecule is Cc1ncn(CC2CC2)c1C(=O)NCC(=O)[C@@H]1C[C@H](N(C)C(=O)c2cccc(C(F)(F)F)c2)CCO1. The molecule has 2 aromatic rings. The molecule has 36 heavy (non-hydrogen) atoms. The Balaban J connectivity index is 1.34. The fraction of sp³-hybridized carbons (Fsp3) is 0.520. The van der Waals surface area contributed by atoms with Gasteiger partial charge in [0.1, 0.15) is 11.8 Å². The number of carbonyl (C=O) groups is 3.